The fourth-order valence-corrected chi connectivity index (χ4v) is 2.48. The first-order valence-corrected chi connectivity index (χ1v) is 5.94. The summed E-state index contributed by atoms with van der Waals surface area (Å²) in [6.45, 7) is 1.17. The van der Waals surface area contributed by atoms with Gasteiger partial charge in [0.05, 0.1) is 18.8 Å². The molecule has 3 heteroatoms. The van der Waals surface area contributed by atoms with Gasteiger partial charge < -0.3 is 9.47 Å². The molecule has 0 spiro atoms. The maximum Gasteiger partial charge on any atom is 0.337 e. The summed E-state index contributed by atoms with van der Waals surface area (Å²) in [7, 11) is 0. The second kappa shape index (κ2) is 4.24. The number of allylic oxidation sites excluding steroid dienone is 1. The number of carbonyl (C=O) groups is 1. The summed E-state index contributed by atoms with van der Waals surface area (Å²) in [5, 5.41) is 0. The highest BCUT2D eigenvalue weighted by atomic mass is 16.5. The molecule has 88 valence electrons. The second-order valence-electron chi connectivity index (χ2n) is 4.33. The van der Waals surface area contributed by atoms with Gasteiger partial charge in [0, 0.05) is 12.3 Å². The first-order chi connectivity index (χ1) is 8.36. The van der Waals surface area contributed by atoms with E-state index in [0.29, 0.717) is 19.6 Å². The highest BCUT2D eigenvalue weighted by molar-refractivity contribution is 5.91. The summed E-state index contributed by atoms with van der Waals surface area (Å²) in [5.41, 5.74) is 1.95. The molecule has 0 bridgehead atoms. The van der Waals surface area contributed by atoms with Crippen LogP contribution in [0.3, 0.4) is 0 Å². The van der Waals surface area contributed by atoms with Crippen LogP contribution in [0.15, 0.2) is 41.7 Å². The van der Waals surface area contributed by atoms with Crippen molar-refractivity contribution < 1.29 is 14.3 Å². The summed E-state index contributed by atoms with van der Waals surface area (Å²) < 4.78 is 10.6. The maximum atomic E-state index is 11.6. The van der Waals surface area contributed by atoms with Crippen molar-refractivity contribution in [3.63, 3.8) is 0 Å². The lowest BCUT2D eigenvalue weighted by atomic mass is 9.93. The van der Waals surface area contributed by atoms with Crippen LogP contribution in [-0.4, -0.2) is 19.2 Å². The van der Waals surface area contributed by atoms with Gasteiger partial charge in [-0.2, -0.15) is 0 Å². The number of hydrogen-bond donors (Lipinski definition) is 0. The number of rotatable bonds is 1. The van der Waals surface area contributed by atoms with Crippen molar-refractivity contribution in [1.29, 1.82) is 0 Å². The van der Waals surface area contributed by atoms with Gasteiger partial charge in [0.2, 0.25) is 0 Å². The average molecular weight is 230 g/mol. The zero-order valence-electron chi connectivity index (χ0n) is 9.52. The molecule has 0 amide bonds. The van der Waals surface area contributed by atoms with Gasteiger partial charge in [-0.25, -0.2) is 4.79 Å². The number of cyclic esters (lactones) is 1. The van der Waals surface area contributed by atoms with Gasteiger partial charge in [-0.1, -0.05) is 30.3 Å². The van der Waals surface area contributed by atoms with Crippen LogP contribution < -0.4 is 0 Å². The number of ether oxygens (including phenoxy) is 2. The molecule has 0 saturated carbocycles. The van der Waals surface area contributed by atoms with E-state index in [1.807, 2.05) is 18.2 Å². The van der Waals surface area contributed by atoms with Gasteiger partial charge >= 0.3 is 5.97 Å². The Hall–Kier alpha value is -1.77. The largest absolute Gasteiger partial charge is 0.497 e. The molecule has 0 radical (unpaired) electrons. The zero-order valence-corrected chi connectivity index (χ0v) is 9.52. The molecule has 2 heterocycles. The molecule has 0 aromatic heterocycles. The topological polar surface area (TPSA) is 35.5 Å². The zero-order chi connectivity index (χ0) is 11.7. The van der Waals surface area contributed by atoms with Gasteiger partial charge in [-0.3, -0.25) is 0 Å². The van der Waals surface area contributed by atoms with Crippen LogP contribution in [-0.2, 0) is 14.3 Å². The molecule has 3 rings (SSSR count). The Balaban J connectivity index is 1.98. The quantitative estimate of drug-likeness (QED) is 0.549. The van der Waals surface area contributed by atoms with Crippen LogP contribution in [0.2, 0.25) is 0 Å². The van der Waals surface area contributed by atoms with E-state index >= 15 is 0 Å². The molecular formula is C14H14O3. The van der Waals surface area contributed by atoms with Crippen molar-refractivity contribution in [3.8, 4) is 0 Å². The maximum absolute atomic E-state index is 11.6. The van der Waals surface area contributed by atoms with E-state index in [4.69, 9.17) is 9.47 Å². The fraction of sp³-hybridized carbons (Fsp3) is 0.357. The third kappa shape index (κ3) is 1.82. The number of esters is 1. The summed E-state index contributed by atoms with van der Waals surface area (Å²) in [5.74, 6) is 0.846. The summed E-state index contributed by atoms with van der Waals surface area (Å²) in [6.07, 6.45) is 1.62. The van der Waals surface area contributed by atoms with Crippen molar-refractivity contribution in [1.82, 2.24) is 0 Å². The highest BCUT2D eigenvalue weighted by Gasteiger charge is 2.33. The minimum absolute atomic E-state index is 0.206. The van der Waals surface area contributed by atoms with E-state index in [2.05, 4.69) is 12.1 Å². The van der Waals surface area contributed by atoms with Crippen LogP contribution in [0.25, 0.3) is 0 Å². The molecule has 2 fully saturated rings. The molecule has 17 heavy (non-hydrogen) atoms. The Morgan fingerprint density at radius 3 is 2.59 bits per heavy atom. The van der Waals surface area contributed by atoms with Crippen molar-refractivity contribution in [2.75, 3.05) is 13.2 Å². The Labute approximate surface area is 100 Å². The van der Waals surface area contributed by atoms with Gasteiger partial charge in [-0.05, 0) is 12.0 Å². The van der Waals surface area contributed by atoms with E-state index < -0.39 is 0 Å². The third-order valence-electron chi connectivity index (χ3n) is 3.31. The van der Waals surface area contributed by atoms with Crippen molar-refractivity contribution in [3.05, 3.63) is 47.2 Å². The predicted octanol–water partition coefficient (Wildman–Crippen LogP) is 2.39. The van der Waals surface area contributed by atoms with Crippen LogP contribution in [0.4, 0.5) is 0 Å². The van der Waals surface area contributed by atoms with Crippen molar-refractivity contribution >= 4 is 5.97 Å². The van der Waals surface area contributed by atoms with Gasteiger partial charge in [0.25, 0.3) is 0 Å². The summed E-state index contributed by atoms with van der Waals surface area (Å²) >= 11 is 0. The first-order valence-electron chi connectivity index (χ1n) is 5.94. The van der Waals surface area contributed by atoms with E-state index in [0.717, 1.165) is 17.8 Å². The lowest BCUT2D eigenvalue weighted by molar-refractivity contribution is -0.135. The van der Waals surface area contributed by atoms with Crippen LogP contribution >= 0.6 is 0 Å². The van der Waals surface area contributed by atoms with E-state index in [-0.39, 0.29) is 11.9 Å². The standard InChI is InChI=1S/C14H14O3/c15-14-12(7-9-17-14)13-11(6-8-16-13)10-4-2-1-3-5-10/h1-5,11H,6-9H2/b13-12+. The minimum Gasteiger partial charge on any atom is -0.497 e. The van der Waals surface area contributed by atoms with Crippen LogP contribution in [0.1, 0.15) is 24.3 Å². The first kappa shape index (κ1) is 10.4. The van der Waals surface area contributed by atoms with Gasteiger partial charge in [0.15, 0.2) is 0 Å². The van der Waals surface area contributed by atoms with Crippen molar-refractivity contribution in [2.45, 2.75) is 18.8 Å². The highest BCUT2D eigenvalue weighted by Crippen LogP contribution is 2.38. The monoisotopic (exact) mass is 230 g/mol. The summed E-state index contributed by atoms with van der Waals surface area (Å²) in [6, 6.07) is 10.2. The second-order valence-corrected chi connectivity index (χ2v) is 4.33. The normalized spacial score (nSPS) is 28.0. The molecule has 0 N–H and O–H groups in total. The molecular weight excluding hydrogens is 216 g/mol. The number of benzene rings is 1. The Kier molecular flexibility index (Phi) is 2.59. The van der Waals surface area contributed by atoms with E-state index in [1.54, 1.807) is 0 Å². The van der Waals surface area contributed by atoms with Crippen molar-refractivity contribution in [2.24, 2.45) is 0 Å². The van der Waals surface area contributed by atoms with E-state index in [1.165, 1.54) is 5.56 Å². The molecule has 1 aromatic carbocycles. The van der Waals surface area contributed by atoms with Crippen LogP contribution in [0.5, 0.6) is 0 Å². The fourth-order valence-electron chi connectivity index (χ4n) is 2.48. The van der Waals surface area contributed by atoms with Crippen LogP contribution in [0, 0.1) is 0 Å². The lowest BCUT2D eigenvalue weighted by Crippen LogP contribution is -2.04. The molecule has 0 aliphatic carbocycles. The van der Waals surface area contributed by atoms with E-state index in [9.17, 15) is 4.79 Å². The smallest absolute Gasteiger partial charge is 0.337 e. The lowest BCUT2D eigenvalue weighted by Gasteiger charge is -2.11. The molecule has 2 saturated heterocycles. The number of carbonyl (C=O) groups excluding carboxylic acids is 1. The Morgan fingerprint density at radius 1 is 1.06 bits per heavy atom. The van der Waals surface area contributed by atoms with Gasteiger partial charge in [0.1, 0.15) is 5.76 Å². The third-order valence-corrected chi connectivity index (χ3v) is 3.31. The number of hydrogen-bond acceptors (Lipinski definition) is 3. The average Bonchev–Trinajstić information content (AvgIpc) is 2.98. The predicted molar refractivity (Wildman–Crippen MR) is 62.4 cm³/mol. The SMILES string of the molecule is O=C1OCC/C1=C1\OCCC1c1ccccc1. The molecule has 3 nitrogen and oxygen atoms in total. The molecule has 1 unspecified atom stereocenters. The van der Waals surface area contributed by atoms with Gasteiger partial charge in [-0.15, -0.1) is 0 Å². The summed E-state index contributed by atoms with van der Waals surface area (Å²) in [4.78, 5) is 11.6. The molecule has 2 aliphatic rings. The minimum atomic E-state index is -0.206. The Morgan fingerprint density at radius 2 is 1.88 bits per heavy atom. The molecule has 1 aromatic rings. The molecule has 1 atom stereocenters. The molecule has 2 aliphatic heterocycles. The Bertz CT molecular complexity index is 462.